The summed E-state index contributed by atoms with van der Waals surface area (Å²) >= 11 is 0. The molecular formula is C22H25F6N3O5S. The normalized spacial score (nSPS) is 18.9. The highest BCUT2D eigenvalue weighted by molar-refractivity contribution is 7.92. The number of anilines is 1. The van der Waals surface area contributed by atoms with Gasteiger partial charge in [-0.25, -0.2) is 17.9 Å². The van der Waals surface area contributed by atoms with Crippen LogP contribution >= 0.6 is 0 Å². The molecule has 206 valence electrons. The first-order chi connectivity index (χ1) is 17.0. The van der Waals surface area contributed by atoms with Gasteiger partial charge in [0, 0.05) is 18.7 Å². The van der Waals surface area contributed by atoms with Crippen molar-refractivity contribution >= 4 is 21.6 Å². The fraction of sp³-hybridized carbons (Fsp3) is 0.545. The molecule has 1 aliphatic heterocycles. The fourth-order valence-corrected chi connectivity index (χ4v) is 6.04. The number of carbonyl (C=O) groups is 1. The predicted octanol–water partition coefficient (Wildman–Crippen LogP) is 4.33. The molecule has 1 aliphatic rings. The van der Waals surface area contributed by atoms with Crippen LogP contribution in [0.4, 0.5) is 32.2 Å². The second-order valence-corrected chi connectivity index (χ2v) is 11.0. The van der Waals surface area contributed by atoms with Gasteiger partial charge in [-0.15, -0.1) is 0 Å². The number of nitrogens with zero attached hydrogens (tertiary/aromatic N) is 3. The molecule has 1 saturated heterocycles. The molecule has 0 amide bonds. The monoisotopic (exact) mass is 557 g/mol. The number of halogens is 6. The van der Waals surface area contributed by atoms with E-state index in [4.69, 9.17) is 4.74 Å². The molecule has 0 aliphatic carbocycles. The van der Waals surface area contributed by atoms with E-state index in [0.29, 0.717) is 17.6 Å². The van der Waals surface area contributed by atoms with E-state index in [2.05, 4.69) is 9.84 Å². The Morgan fingerprint density at radius 3 is 2.35 bits per heavy atom. The zero-order valence-electron chi connectivity index (χ0n) is 20.2. The Kier molecular flexibility index (Phi) is 7.78. The van der Waals surface area contributed by atoms with Crippen molar-refractivity contribution in [1.29, 1.82) is 0 Å². The third-order valence-electron chi connectivity index (χ3n) is 5.76. The first-order valence-electron chi connectivity index (χ1n) is 11.0. The molecule has 37 heavy (non-hydrogen) atoms. The van der Waals surface area contributed by atoms with Crippen molar-refractivity contribution in [2.75, 3.05) is 25.2 Å². The van der Waals surface area contributed by atoms with Gasteiger partial charge in [-0.2, -0.15) is 31.4 Å². The summed E-state index contributed by atoms with van der Waals surface area (Å²) in [4.78, 5) is 12.9. The Balaban J connectivity index is 2.04. The average Bonchev–Trinajstić information content (AvgIpc) is 3.40. The molecule has 1 aromatic heterocycles. The lowest BCUT2D eigenvalue weighted by Crippen LogP contribution is -2.38. The Bertz CT molecular complexity index is 1260. The molecule has 1 fully saturated rings. The minimum absolute atomic E-state index is 0.182. The third kappa shape index (κ3) is 6.13. The number of aryl methyl sites for hydroxylation is 1. The van der Waals surface area contributed by atoms with Crippen LogP contribution in [0, 0.1) is 6.92 Å². The zero-order valence-corrected chi connectivity index (χ0v) is 21.0. The number of aromatic nitrogens is 2. The van der Waals surface area contributed by atoms with Gasteiger partial charge in [0.15, 0.2) is 16.4 Å². The van der Waals surface area contributed by atoms with Crippen molar-refractivity contribution in [3.8, 4) is 5.75 Å². The Morgan fingerprint density at radius 1 is 1.16 bits per heavy atom. The summed E-state index contributed by atoms with van der Waals surface area (Å²) in [7, 11) is -3.63. The van der Waals surface area contributed by atoms with Gasteiger partial charge in [-0.3, -0.25) is 0 Å². The van der Waals surface area contributed by atoms with E-state index in [0.717, 1.165) is 13.2 Å². The van der Waals surface area contributed by atoms with E-state index in [1.54, 1.807) is 17.7 Å². The van der Waals surface area contributed by atoms with Crippen molar-refractivity contribution in [2.24, 2.45) is 0 Å². The van der Waals surface area contributed by atoms with Gasteiger partial charge in [0.2, 0.25) is 0 Å². The van der Waals surface area contributed by atoms with E-state index in [1.165, 1.54) is 4.90 Å². The number of hydrogen-bond acceptors (Lipinski definition) is 7. The highest BCUT2D eigenvalue weighted by Crippen LogP contribution is 2.40. The first kappa shape index (κ1) is 28.6. The summed E-state index contributed by atoms with van der Waals surface area (Å²) in [6.07, 6.45) is -10.4. The molecule has 0 saturated carbocycles. The summed E-state index contributed by atoms with van der Waals surface area (Å²) in [6.45, 7) is 3.12. The van der Waals surface area contributed by atoms with Crippen molar-refractivity contribution in [3.05, 3.63) is 35.5 Å². The lowest BCUT2D eigenvalue weighted by Gasteiger charge is -2.26. The minimum Gasteiger partial charge on any atom is -0.484 e. The molecule has 0 unspecified atom stereocenters. The van der Waals surface area contributed by atoms with Crippen molar-refractivity contribution in [1.82, 2.24) is 9.78 Å². The van der Waals surface area contributed by atoms with Gasteiger partial charge in [-0.1, -0.05) is 0 Å². The molecule has 0 radical (unpaired) electrons. The number of methoxy groups -OCH3 is 1. The lowest BCUT2D eigenvalue weighted by molar-refractivity contribution is -0.153. The molecule has 2 aromatic rings. The summed E-state index contributed by atoms with van der Waals surface area (Å²) in [5, 5.41) is 2.88. The number of alkyl halides is 6. The average molecular weight is 558 g/mol. The minimum atomic E-state index is -5.21. The number of sulfone groups is 1. The topological polar surface area (TPSA) is 90.7 Å². The molecule has 0 N–H and O–H groups in total. The number of rotatable bonds is 7. The van der Waals surface area contributed by atoms with Crippen LogP contribution in [0.15, 0.2) is 29.2 Å². The molecule has 2 atom stereocenters. The van der Waals surface area contributed by atoms with E-state index in [1.807, 2.05) is 13.8 Å². The van der Waals surface area contributed by atoms with Crippen LogP contribution in [0.1, 0.15) is 37.6 Å². The maximum absolute atomic E-state index is 13.8. The number of esters is 1. The molecule has 0 bridgehead atoms. The Hall–Kier alpha value is -2.97. The molecule has 0 spiro atoms. The van der Waals surface area contributed by atoms with E-state index in [-0.39, 0.29) is 25.1 Å². The van der Waals surface area contributed by atoms with Crippen molar-refractivity contribution < 1.29 is 49.0 Å². The van der Waals surface area contributed by atoms with Gasteiger partial charge < -0.3 is 14.4 Å². The molecule has 8 nitrogen and oxygen atoms in total. The number of ether oxygens (including phenoxy) is 2. The predicted molar refractivity (Wildman–Crippen MR) is 119 cm³/mol. The second kappa shape index (κ2) is 10.1. The highest BCUT2D eigenvalue weighted by Gasteiger charge is 2.48. The van der Waals surface area contributed by atoms with Crippen LogP contribution in [0.3, 0.4) is 0 Å². The quantitative estimate of drug-likeness (QED) is 0.370. The van der Waals surface area contributed by atoms with Crippen molar-refractivity contribution in [3.63, 3.8) is 0 Å². The number of carbonyl (C=O) groups excluding carboxylic acids is 1. The molecule has 2 heterocycles. The molecular weight excluding hydrogens is 532 g/mol. The Labute approximate surface area is 209 Å². The summed E-state index contributed by atoms with van der Waals surface area (Å²) < 4.78 is 117. The highest BCUT2D eigenvalue weighted by atomic mass is 32.2. The fourth-order valence-electron chi connectivity index (χ4n) is 4.15. The van der Waals surface area contributed by atoms with Gasteiger partial charge in [0.25, 0.3) is 0 Å². The van der Waals surface area contributed by atoms with Gasteiger partial charge in [-0.05, 0) is 45.4 Å². The maximum atomic E-state index is 13.8. The number of benzene rings is 1. The van der Waals surface area contributed by atoms with Crippen LogP contribution in [0.2, 0.25) is 0 Å². The summed E-state index contributed by atoms with van der Waals surface area (Å²) in [6, 6.07) is 1.84. The third-order valence-corrected chi connectivity index (χ3v) is 7.95. The van der Waals surface area contributed by atoms with Gasteiger partial charge in [0.05, 0.1) is 28.5 Å². The largest absolute Gasteiger partial charge is 0.484 e. The first-order valence-corrected chi connectivity index (χ1v) is 12.6. The van der Waals surface area contributed by atoms with E-state index in [9.17, 15) is 39.6 Å². The maximum Gasteiger partial charge on any atom is 0.422 e. The van der Waals surface area contributed by atoms with Gasteiger partial charge >= 0.3 is 18.3 Å². The van der Waals surface area contributed by atoms with E-state index < -0.39 is 62.3 Å². The van der Waals surface area contributed by atoms with Crippen LogP contribution in [-0.4, -0.2) is 61.9 Å². The lowest BCUT2D eigenvalue weighted by atomic mass is 10.2. The van der Waals surface area contributed by atoms with Gasteiger partial charge in [0.1, 0.15) is 17.6 Å². The van der Waals surface area contributed by atoms with Crippen LogP contribution < -0.4 is 9.64 Å². The molecule has 1 aromatic carbocycles. The van der Waals surface area contributed by atoms with Crippen LogP contribution in [-0.2, 0) is 25.5 Å². The standard InChI is InChI=1S/C22H25F6N3O5S/c1-12(2)31-19(7-13(3)29-31)30-10-15(9-17(30)20(32)35-4)37(33,34)18-6-5-14(36-11-21(23,24)25)8-16(18)22(26,27)28/h5-8,12,15,17H,9-11H2,1-4H3/t15-,17-/m1/s1. The van der Waals surface area contributed by atoms with Crippen LogP contribution in [0.5, 0.6) is 5.75 Å². The van der Waals surface area contributed by atoms with Crippen molar-refractivity contribution in [2.45, 2.75) is 61.8 Å². The Morgan fingerprint density at radius 2 is 1.81 bits per heavy atom. The summed E-state index contributed by atoms with van der Waals surface area (Å²) in [5.74, 6) is -1.17. The molecule has 3 rings (SSSR count). The van der Waals surface area contributed by atoms with E-state index >= 15 is 0 Å². The SMILES string of the molecule is COC(=O)[C@H]1C[C@@H](S(=O)(=O)c2ccc(OCC(F)(F)F)cc2C(F)(F)F)CN1c1cc(C)nn1C(C)C. The zero-order chi connectivity index (χ0) is 27.9. The summed E-state index contributed by atoms with van der Waals surface area (Å²) in [5.41, 5.74) is -1.09. The smallest absolute Gasteiger partial charge is 0.422 e. The molecule has 15 heteroatoms. The number of hydrogen-bond donors (Lipinski definition) is 0. The second-order valence-electron chi connectivity index (χ2n) is 8.84. The van der Waals surface area contributed by atoms with Crippen LogP contribution in [0.25, 0.3) is 0 Å².